The van der Waals surface area contributed by atoms with Gasteiger partial charge < -0.3 is 14.6 Å². The lowest BCUT2D eigenvalue weighted by Crippen LogP contribution is -2.02. The van der Waals surface area contributed by atoms with Gasteiger partial charge in [-0.05, 0) is 36.8 Å². The van der Waals surface area contributed by atoms with Crippen LogP contribution in [-0.4, -0.2) is 10.1 Å². The smallest absolute Gasteiger partial charge is 0.245 e. The number of nitriles is 1. The van der Waals surface area contributed by atoms with E-state index in [1.165, 1.54) is 6.07 Å². The molecule has 0 saturated carbocycles. The van der Waals surface area contributed by atoms with Crippen LogP contribution in [0.5, 0.6) is 5.75 Å². The molecule has 0 unspecified atom stereocenters. The summed E-state index contributed by atoms with van der Waals surface area (Å²) in [4.78, 5) is 4.06. The number of hydrogen-bond donors (Lipinski definition) is 1. The average molecular weight is 338 g/mol. The summed E-state index contributed by atoms with van der Waals surface area (Å²) in [6.07, 6.45) is 0. The quantitative estimate of drug-likeness (QED) is 0.739. The van der Waals surface area contributed by atoms with E-state index in [1.54, 1.807) is 37.3 Å². The van der Waals surface area contributed by atoms with Gasteiger partial charge >= 0.3 is 0 Å². The number of halogens is 1. The fraction of sp³-hybridized carbons (Fsp3) is 0.167. The van der Waals surface area contributed by atoms with Gasteiger partial charge in [0, 0.05) is 11.8 Å². The first kappa shape index (κ1) is 16.5. The van der Waals surface area contributed by atoms with Crippen LogP contribution in [0.3, 0.4) is 0 Å². The van der Waals surface area contributed by atoms with Crippen molar-refractivity contribution in [3.05, 3.63) is 71.1 Å². The predicted octanol–water partition coefficient (Wildman–Crippen LogP) is 3.58. The van der Waals surface area contributed by atoms with Crippen molar-refractivity contribution >= 4 is 5.69 Å². The highest BCUT2D eigenvalue weighted by Crippen LogP contribution is 2.22. The van der Waals surface area contributed by atoms with Gasteiger partial charge in [-0.1, -0.05) is 17.3 Å². The number of anilines is 1. The van der Waals surface area contributed by atoms with Gasteiger partial charge in [0.1, 0.15) is 6.61 Å². The van der Waals surface area contributed by atoms with Gasteiger partial charge in [-0.3, -0.25) is 0 Å². The van der Waals surface area contributed by atoms with E-state index in [-0.39, 0.29) is 12.4 Å². The molecular weight excluding hydrogens is 323 g/mol. The van der Waals surface area contributed by atoms with Gasteiger partial charge in [-0.25, -0.2) is 4.39 Å². The van der Waals surface area contributed by atoms with Crippen molar-refractivity contribution in [1.29, 1.82) is 5.26 Å². The molecule has 0 aliphatic carbocycles. The van der Waals surface area contributed by atoms with Gasteiger partial charge in [-0.2, -0.15) is 10.2 Å². The van der Waals surface area contributed by atoms with E-state index in [0.29, 0.717) is 29.5 Å². The van der Waals surface area contributed by atoms with Crippen LogP contribution in [0, 0.1) is 24.1 Å². The zero-order valence-electron chi connectivity index (χ0n) is 13.5. The van der Waals surface area contributed by atoms with Crippen LogP contribution in [0.1, 0.15) is 22.8 Å². The molecule has 0 saturated heterocycles. The number of aromatic nitrogens is 2. The second-order valence-electron chi connectivity index (χ2n) is 5.33. The molecule has 0 radical (unpaired) electrons. The summed E-state index contributed by atoms with van der Waals surface area (Å²) in [6, 6.07) is 13.6. The largest absolute Gasteiger partial charge is 0.486 e. The van der Waals surface area contributed by atoms with Gasteiger partial charge in [0.25, 0.3) is 0 Å². The molecule has 0 aliphatic rings. The molecule has 2 aromatic carbocycles. The Balaban J connectivity index is 1.60. The van der Waals surface area contributed by atoms with E-state index >= 15 is 0 Å². The van der Waals surface area contributed by atoms with Crippen molar-refractivity contribution in [3.8, 4) is 11.8 Å². The van der Waals surface area contributed by atoms with Crippen LogP contribution >= 0.6 is 0 Å². The molecule has 6 nitrogen and oxygen atoms in total. The Morgan fingerprint density at radius 3 is 2.88 bits per heavy atom. The number of rotatable bonds is 6. The average Bonchev–Trinajstić information content (AvgIpc) is 3.04. The van der Waals surface area contributed by atoms with Crippen LogP contribution in [-0.2, 0) is 13.2 Å². The Labute approximate surface area is 143 Å². The summed E-state index contributed by atoms with van der Waals surface area (Å²) in [5.74, 6) is 0.632. The standard InChI is InChI=1S/C18H15FN4O2/c1-12-22-18(25-23-12)10-21-15-5-6-17(16(19)8-15)24-11-14-4-2-3-13(7-14)9-20/h2-8,21H,10-11H2,1H3. The van der Waals surface area contributed by atoms with Crippen LogP contribution in [0.4, 0.5) is 10.1 Å². The SMILES string of the molecule is Cc1noc(CNc2ccc(OCc3cccc(C#N)c3)c(F)c2)n1. The highest BCUT2D eigenvalue weighted by molar-refractivity contribution is 5.47. The second-order valence-corrected chi connectivity index (χ2v) is 5.33. The molecule has 0 atom stereocenters. The van der Waals surface area contributed by atoms with E-state index < -0.39 is 5.82 Å². The summed E-state index contributed by atoms with van der Waals surface area (Å²) in [5.41, 5.74) is 1.91. The van der Waals surface area contributed by atoms with Crippen molar-refractivity contribution in [2.24, 2.45) is 0 Å². The predicted molar refractivity (Wildman–Crippen MR) is 88.3 cm³/mol. The van der Waals surface area contributed by atoms with Crippen LogP contribution < -0.4 is 10.1 Å². The van der Waals surface area contributed by atoms with Crippen molar-refractivity contribution in [2.45, 2.75) is 20.1 Å². The monoisotopic (exact) mass is 338 g/mol. The number of nitrogens with one attached hydrogen (secondary N) is 1. The van der Waals surface area contributed by atoms with Gasteiger partial charge in [0.05, 0.1) is 18.2 Å². The van der Waals surface area contributed by atoms with E-state index in [4.69, 9.17) is 14.5 Å². The van der Waals surface area contributed by atoms with Crippen molar-refractivity contribution < 1.29 is 13.7 Å². The van der Waals surface area contributed by atoms with Crippen molar-refractivity contribution in [1.82, 2.24) is 10.1 Å². The minimum atomic E-state index is -0.483. The number of aryl methyl sites for hydroxylation is 1. The lowest BCUT2D eigenvalue weighted by Gasteiger charge is -2.09. The third-order valence-corrected chi connectivity index (χ3v) is 3.40. The topological polar surface area (TPSA) is 84.0 Å². The molecule has 0 spiro atoms. The normalized spacial score (nSPS) is 10.3. The first-order valence-electron chi connectivity index (χ1n) is 7.58. The highest BCUT2D eigenvalue weighted by atomic mass is 19.1. The van der Waals surface area contributed by atoms with Crippen LogP contribution in [0.15, 0.2) is 47.0 Å². The summed E-state index contributed by atoms with van der Waals surface area (Å²) in [5, 5.41) is 15.6. The number of benzene rings is 2. The molecule has 3 aromatic rings. The Morgan fingerprint density at radius 1 is 1.28 bits per heavy atom. The molecule has 25 heavy (non-hydrogen) atoms. The van der Waals surface area contributed by atoms with Crippen molar-refractivity contribution in [2.75, 3.05) is 5.32 Å². The molecule has 0 fully saturated rings. The molecule has 1 aromatic heterocycles. The maximum atomic E-state index is 14.2. The third-order valence-electron chi connectivity index (χ3n) is 3.40. The molecule has 0 bridgehead atoms. The van der Waals surface area contributed by atoms with Gasteiger partial charge in [0.15, 0.2) is 17.4 Å². The Hall–Kier alpha value is -3.40. The summed E-state index contributed by atoms with van der Waals surface area (Å²) in [7, 11) is 0. The highest BCUT2D eigenvalue weighted by Gasteiger charge is 2.07. The Morgan fingerprint density at radius 2 is 2.16 bits per heavy atom. The molecule has 3 rings (SSSR count). The Kier molecular flexibility index (Phi) is 4.90. The Bertz CT molecular complexity index is 917. The van der Waals surface area contributed by atoms with E-state index in [9.17, 15) is 4.39 Å². The van der Waals surface area contributed by atoms with E-state index in [1.807, 2.05) is 6.07 Å². The minimum absolute atomic E-state index is 0.140. The van der Waals surface area contributed by atoms with Crippen molar-refractivity contribution in [3.63, 3.8) is 0 Å². The fourth-order valence-corrected chi connectivity index (χ4v) is 2.21. The second kappa shape index (κ2) is 7.45. The molecule has 0 amide bonds. The first-order chi connectivity index (χ1) is 12.1. The first-order valence-corrected chi connectivity index (χ1v) is 7.58. The summed E-state index contributed by atoms with van der Waals surface area (Å²) < 4.78 is 24.6. The molecule has 0 aliphatic heterocycles. The van der Waals surface area contributed by atoms with E-state index in [2.05, 4.69) is 21.5 Å². The molecule has 126 valence electrons. The van der Waals surface area contributed by atoms with Gasteiger partial charge in [0.2, 0.25) is 5.89 Å². The molecular formula is C18H15FN4O2. The summed E-state index contributed by atoms with van der Waals surface area (Å²) in [6.45, 7) is 2.22. The van der Waals surface area contributed by atoms with Gasteiger partial charge in [-0.15, -0.1) is 0 Å². The number of nitrogens with zero attached hydrogens (tertiary/aromatic N) is 3. The lowest BCUT2D eigenvalue weighted by molar-refractivity contribution is 0.290. The number of hydrogen-bond acceptors (Lipinski definition) is 6. The maximum Gasteiger partial charge on any atom is 0.245 e. The number of ether oxygens (including phenoxy) is 1. The molecule has 7 heteroatoms. The van der Waals surface area contributed by atoms with Crippen LogP contribution in [0.2, 0.25) is 0 Å². The zero-order chi connectivity index (χ0) is 17.6. The lowest BCUT2D eigenvalue weighted by atomic mass is 10.1. The fourth-order valence-electron chi connectivity index (χ4n) is 2.21. The zero-order valence-corrected chi connectivity index (χ0v) is 13.5. The summed E-state index contributed by atoms with van der Waals surface area (Å²) >= 11 is 0. The molecule has 1 N–H and O–H groups in total. The van der Waals surface area contributed by atoms with E-state index in [0.717, 1.165) is 5.56 Å². The maximum absolute atomic E-state index is 14.2. The molecule has 1 heterocycles. The third kappa shape index (κ3) is 4.32. The van der Waals surface area contributed by atoms with Crippen LogP contribution in [0.25, 0.3) is 0 Å². The minimum Gasteiger partial charge on any atom is -0.486 e.